The molecule has 0 spiro atoms. The quantitative estimate of drug-likeness (QED) is 0.473. The van der Waals surface area contributed by atoms with Gasteiger partial charge in [-0.3, -0.25) is 0 Å². The number of hydrogen-bond donors (Lipinski definition) is 0. The largest absolute Gasteiger partial charge is 1.00 e. The van der Waals surface area contributed by atoms with Crippen LogP contribution in [0.25, 0.3) is 5.09 Å². The van der Waals surface area contributed by atoms with Crippen LogP contribution in [0.4, 0.5) is 0 Å². The second-order valence-electron chi connectivity index (χ2n) is 3.48. The first-order valence-corrected chi connectivity index (χ1v) is 8.02. The van der Waals surface area contributed by atoms with Crippen molar-refractivity contribution in [3.05, 3.63) is 65.8 Å². The van der Waals surface area contributed by atoms with Crippen molar-refractivity contribution < 1.29 is 38.6 Å². The SMILES string of the molecule is N#C[N-]P(=S)(Oc1ccccc1)Oc1ccccc1.[Na+]. The molecule has 0 bridgehead atoms. The monoisotopic (exact) mass is 312 g/mol. The molecule has 0 fully saturated rings. The fourth-order valence-electron chi connectivity index (χ4n) is 1.34. The number of hydrogen-bond acceptors (Lipinski definition) is 4. The molecule has 7 heteroatoms. The molecular formula is C13H10N2NaO2PS. The van der Waals surface area contributed by atoms with Crippen LogP contribution in [-0.4, -0.2) is 0 Å². The third-order valence-corrected chi connectivity index (χ3v) is 4.00. The number of nitriles is 1. The van der Waals surface area contributed by atoms with Gasteiger partial charge in [-0.15, -0.1) is 0 Å². The summed E-state index contributed by atoms with van der Waals surface area (Å²) in [6.45, 7) is -3.07. The van der Waals surface area contributed by atoms with E-state index in [-0.39, 0.29) is 29.6 Å². The van der Waals surface area contributed by atoms with Crippen LogP contribution in [0.5, 0.6) is 11.5 Å². The number of para-hydroxylation sites is 2. The van der Waals surface area contributed by atoms with Gasteiger partial charge >= 0.3 is 36.2 Å². The van der Waals surface area contributed by atoms with Crippen molar-refractivity contribution in [3.63, 3.8) is 0 Å². The minimum absolute atomic E-state index is 0. The molecule has 0 N–H and O–H groups in total. The summed E-state index contributed by atoms with van der Waals surface area (Å²) in [5, 5.41) is 12.4. The molecule has 0 amide bonds. The average molecular weight is 312 g/mol. The summed E-state index contributed by atoms with van der Waals surface area (Å²) in [6.07, 6.45) is 1.67. The topological polar surface area (TPSA) is 56.4 Å². The van der Waals surface area contributed by atoms with E-state index in [1.165, 1.54) is 0 Å². The van der Waals surface area contributed by atoms with Crippen LogP contribution in [0.3, 0.4) is 0 Å². The molecule has 2 aromatic carbocycles. The van der Waals surface area contributed by atoms with Crippen molar-refractivity contribution in [2.24, 2.45) is 0 Å². The number of nitrogens with zero attached hydrogens (tertiary/aromatic N) is 2. The molecule has 0 saturated heterocycles. The first-order chi connectivity index (χ1) is 9.22. The van der Waals surface area contributed by atoms with E-state index in [0.29, 0.717) is 11.5 Å². The molecule has 96 valence electrons. The second-order valence-corrected chi connectivity index (χ2v) is 6.36. The molecule has 0 unspecified atom stereocenters. The van der Waals surface area contributed by atoms with Gasteiger partial charge in [0.1, 0.15) is 11.5 Å². The molecule has 0 aliphatic carbocycles. The van der Waals surface area contributed by atoms with Gasteiger partial charge in [0.05, 0.1) is 0 Å². The van der Waals surface area contributed by atoms with Gasteiger partial charge in [-0.25, -0.2) is 0 Å². The zero-order chi connectivity index (χ0) is 13.6. The summed E-state index contributed by atoms with van der Waals surface area (Å²) < 4.78 is 11.1. The first kappa shape index (κ1) is 17.0. The third-order valence-electron chi connectivity index (χ3n) is 2.10. The van der Waals surface area contributed by atoms with E-state index in [9.17, 15) is 0 Å². The molecule has 0 aliphatic rings. The smallest absolute Gasteiger partial charge is 0.493 e. The van der Waals surface area contributed by atoms with E-state index in [1.54, 1.807) is 30.5 Å². The van der Waals surface area contributed by atoms with E-state index < -0.39 is 6.64 Å². The zero-order valence-corrected chi connectivity index (χ0v) is 14.6. The minimum Gasteiger partial charge on any atom is -0.493 e. The Labute approximate surface area is 145 Å². The van der Waals surface area contributed by atoms with Crippen LogP contribution in [-0.2, 0) is 11.8 Å². The number of benzene rings is 2. The van der Waals surface area contributed by atoms with Crippen LogP contribution in [0.2, 0.25) is 0 Å². The van der Waals surface area contributed by atoms with Crippen molar-refractivity contribution in [2.45, 2.75) is 0 Å². The summed E-state index contributed by atoms with van der Waals surface area (Å²) in [6, 6.07) is 17.9. The van der Waals surface area contributed by atoms with Crippen molar-refractivity contribution >= 4 is 18.4 Å². The molecule has 0 atom stereocenters. The zero-order valence-electron chi connectivity index (χ0n) is 10.8. The molecule has 0 saturated carbocycles. The Morgan fingerprint density at radius 1 is 0.900 bits per heavy atom. The average Bonchev–Trinajstić information content (AvgIpc) is 2.41. The molecule has 4 nitrogen and oxygen atoms in total. The molecule has 2 aromatic rings. The fourth-order valence-corrected chi connectivity index (χ4v) is 2.97. The van der Waals surface area contributed by atoms with Gasteiger partial charge in [0, 0.05) is 0 Å². The molecule has 0 radical (unpaired) electrons. The summed E-state index contributed by atoms with van der Waals surface area (Å²) >= 11 is 5.24. The third kappa shape index (κ3) is 5.16. The van der Waals surface area contributed by atoms with Gasteiger partial charge in [0.2, 0.25) is 0 Å². The van der Waals surface area contributed by atoms with Crippen molar-refractivity contribution in [1.82, 2.24) is 0 Å². The van der Waals surface area contributed by atoms with E-state index in [0.717, 1.165) is 0 Å². The minimum atomic E-state index is -3.07. The maximum absolute atomic E-state index is 8.74. The predicted octanol–water partition coefficient (Wildman–Crippen LogP) is 1.23. The first-order valence-electron chi connectivity index (χ1n) is 5.42. The summed E-state index contributed by atoms with van der Waals surface area (Å²) in [7, 11) is 0. The van der Waals surface area contributed by atoms with Crippen molar-refractivity contribution in [1.29, 1.82) is 5.26 Å². The molecule has 20 heavy (non-hydrogen) atoms. The summed E-state index contributed by atoms with van der Waals surface area (Å²) in [5.41, 5.74) is 0. The molecular weight excluding hydrogens is 302 g/mol. The van der Waals surface area contributed by atoms with Crippen molar-refractivity contribution in [2.75, 3.05) is 0 Å². The normalized spacial score (nSPS) is 9.75. The van der Waals surface area contributed by atoms with E-state index >= 15 is 0 Å². The Morgan fingerprint density at radius 2 is 1.30 bits per heavy atom. The van der Waals surface area contributed by atoms with Gasteiger partial charge in [-0.2, -0.15) is 0 Å². The van der Waals surface area contributed by atoms with Crippen LogP contribution >= 0.6 is 6.64 Å². The predicted molar refractivity (Wildman–Crippen MR) is 77.4 cm³/mol. The van der Waals surface area contributed by atoms with Crippen LogP contribution in [0.1, 0.15) is 0 Å². The van der Waals surface area contributed by atoms with Gasteiger partial charge in [0.25, 0.3) is 0 Å². The van der Waals surface area contributed by atoms with Crippen molar-refractivity contribution in [3.8, 4) is 17.7 Å². The fraction of sp³-hybridized carbons (Fsp3) is 0. The van der Waals surface area contributed by atoms with Crippen LogP contribution in [0, 0.1) is 11.5 Å². The van der Waals surface area contributed by atoms with Gasteiger partial charge in [0.15, 0.2) is 0 Å². The van der Waals surface area contributed by atoms with E-state index in [1.807, 2.05) is 36.4 Å². The number of rotatable bonds is 5. The van der Waals surface area contributed by atoms with Crippen LogP contribution in [0.15, 0.2) is 60.7 Å². The second kappa shape index (κ2) is 8.31. The maximum Gasteiger partial charge on any atom is 1.00 e. The van der Waals surface area contributed by atoms with Gasteiger partial charge in [-0.1, -0.05) is 42.6 Å². The van der Waals surface area contributed by atoms with E-state index in [4.69, 9.17) is 26.1 Å². The Hall–Kier alpha value is -1.02. The molecule has 0 heterocycles. The Bertz CT molecular complexity index is 574. The summed E-state index contributed by atoms with van der Waals surface area (Å²) in [5.74, 6) is 1.06. The van der Waals surface area contributed by atoms with Crippen LogP contribution < -0.4 is 38.6 Å². The van der Waals surface area contributed by atoms with E-state index in [2.05, 4.69) is 5.09 Å². The molecule has 0 aliphatic heterocycles. The van der Waals surface area contributed by atoms with Gasteiger partial charge < -0.3 is 19.4 Å². The molecule has 2 rings (SSSR count). The Kier molecular flexibility index (Phi) is 7.08. The summed E-state index contributed by atoms with van der Waals surface area (Å²) in [4.78, 5) is 0. The standard InChI is InChI=1S/C13H10N2O2PS.Na/c14-11-15-18(19,16-12-7-3-1-4-8-12)17-13-9-5-2-6-10-13;/h1-10H;/q-1;+1. The molecule has 0 aromatic heterocycles. The Balaban J connectivity index is 0.00000200. The van der Waals surface area contributed by atoms with Gasteiger partial charge in [-0.05, 0) is 36.1 Å². The maximum atomic E-state index is 8.74. The Morgan fingerprint density at radius 3 is 1.65 bits per heavy atom.